The third-order valence-corrected chi connectivity index (χ3v) is 5.08. The van der Waals surface area contributed by atoms with Crippen LogP contribution in [0.2, 0.25) is 0 Å². The highest BCUT2D eigenvalue weighted by Crippen LogP contribution is 2.21. The minimum absolute atomic E-state index is 0.0486. The molecule has 2 amide bonds. The van der Waals surface area contributed by atoms with Gasteiger partial charge in [0.15, 0.2) is 0 Å². The maximum absolute atomic E-state index is 12.9. The molecule has 1 fully saturated rings. The van der Waals surface area contributed by atoms with Crippen molar-refractivity contribution in [2.24, 2.45) is 5.92 Å². The minimum Gasteiger partial charge on any atom is -0.352 e. The van der Waals surface area contributed by atoms with Crippen LogP contribution in [0.25, 0.3) is 0 Å². The Labute approximate surface area is 157 Å². The van der Waals surface area contributed by atoms with E-state index in [1.807, 2.05) is 42.3 Å². The number of benzene rings is 1. The number of nitrogens with one attached hydrogen (secondary N) is 1. The van der Waals surface area contributed by atoms with E-state index in [1.54, 1.807) is 0 Å². The molecule has 1 unspecified atom stereocenters. The summed E-state index contributed by atoms with van der Waals surface area (Å²) >= 11 is 0. The van der Waals surface area contributed by atoms with Gasteiger partial charge in [0.05, 0.1) is 0 Å². The first-order valence-corrected chi connectivity index (χ1v) is 9.75. The number of amides is 2. The Balaban J connectivity index is 1.93. The predicted molar refractivity (Wildman–Crippen MR) is 105 cm³/mol. The molecule has 5 heteroatoms. The Kier molecular flexibility index (Phi) is 7.64. The van der Waals surface area contributed by atoms with Crippen LogP contribution < -0.4 is 5.32 Å². The lowest BCUT2D eigenvalue weighted by Gasteiger charge is -2.34. The lowest BCUT2D eigenvalue weighted by Crippen LogP contribution is -2.49. The smallest absolute Gasteiger partial charge is 0.242 e. The summed E-state index contributed by atoms with van der Waals surface area (Å²) in [5, 5.41) is 3.21. The van der Waals surface area contributed by atoms with Crippen LogP contribution in [-0.4, -0.2) is 54.3 Å². The van der Waals surface area contributed by atoms with Crippen molar-refractivity contribution in [3.8, 4) is 0 Å². The Morgan fingerprint density at radius 2 is 1.81 bits per heavy atom. The van der Waals surface area contributed by atoms with Crippen molar-refractivity contribution in [2.75, 3.05) is 26.7 Å². The highest BCUT2D eigenvalue weighted by Gasteiger charge is 2.29. The average molecular weight is 360 g/mol. The predicted octanol–water partition coefficient (Wildman–Crippen LogP) is 2.83. The molecule has 1 aliphatic heterocycles. The SMILES string of the molecule is CCN(C)C(C(=O)NC1CCN(C(=O)CC(C)C)CC1)c1ccccc1. The van der Waals surface area contributed by atoms with Crippen molar-refractivity contribution in [3.63, 3.8) is 0 Å². The van der Waals surface area contributed by atoms with E-state index in [0.717, 1.165) is 38.0 Å². The summed E-state index contributed by atoms with van der Waals surface area (Å²) in [5.74, 6) is 0.668. The number of carbonyl (C=O) groups is 2. The Bertz CT molecular complexity index is 580. The second-order valence-corrected chi connectivity index (χ2v) is 7.65. The van der Waals surface area contributed by atoms with E-state index in [2.05, 4.69) is 31.0 Å². The van der Waals surface area contributed by atoms with Gasteiger partial charge in [-0.05, 0) is 37.9 Å². The number of nitrogens with zero attached hydrogens (tertiary/aromatic N) is 2. The molecule has 1 saturated heterocycles. The van der Waals surface area contributed by atoms with Gasteiger partial charge in [-0.25, -0.2) is 0 Å². The Morgan fingerprint density at radius 1 is 1.19 bits per heavy atom. The van der Waals surface area contributed by atoms with Crippen LogP contribution in [0, 0.1) is 5.92 Å². The molecule has 1 atom stereocenters. The zero-order chi connectivity index (χ0) is 19.1. The Hall–Kier alpha value is -1.88. The zero-order valence-corrected chi connectivity index (χ0v) is 16.6. The normalized spacial score (nSPS) is 16.8. The van der Waals surface area contributed by atoms with Crippen LogP contribution in [-0.2, 0) is 9.59 Å². The molecular weight excluding hydrogens is 326 g/mol. The molecule has 0 radical (unpaired) electrons. The second kappa shape index (κ2) is 9.72. The van der Waals surface area contributed by atoms with Crippen LogP contribution in [0.3, 0.4) is 0 Å². The summed E-state index contributed by atoms with van der Waals surface area (Å²) in [4.78, 5) is 29.1. The summed E-state index contributed by atoms with van der Waals surface area (Å²) in [6, 6.07) is 9.78. The number of piperidine rings is 1. The van der Waals surface area contributed by atoms with Crippen molar-refractivity contribution in [1.29, 1.82) is 0 Å². The highest BCUT2D eigenvalue weighted by molar-refractivity contribution is 5.83. The van der Waals surface area contributed by atoms with Gasteiger partial charge in [0.25, 0.3) is 0 Å². The molecule has 1 aliphatic rings. The third-order valence-electron chi connectivity index (χ3n) is 5.08. The lowest BCUT2D eigenvalue weighted by atomic mass is 10.0. The summed E-state index contributed by atoms with van der Waals surface area (Å²) in [6.07, 6.45) is 2.26. The van der Waals surface area contributed by atoms with Crippen molar-refractivity contribution in [2.45, 2.75) is 52.1 Å². The number of likely N-dealkylation sites (N-methyl/N-ethyl adjacent to an activating group) is 1. The standard InChI is InChI=1S/C21H33N3O2/c1-5-23(4)20(17-9-7-6-8-10-17)21(26)22-18-11-13-24(14-12-18)19(25)15-16(2)3/h6-10,16,18,20H,5,11-15H2,1-4H3,(H,22,26). The topological polar surface area (TPSA) is 52.7 Å². The monoisotopic (exact) mass is 359 g/mol. The fraction of sp³-hybridized carbons (Fsp3) is 0.619. The zero-order valence-electron chi connectivity index (χ0n) is 16.6. The van der Waals surface area contributed by atoms with Gasteiger partial charge in [-0.2, -0.15) is 0 Å². The summed E-state index contributed by atoms with van der Waals surface area (Å²) in [7, 11) is 1.98. The average Bonchev–Trinajstić information content (AvgIpc) is 2.62. The molecule has 1 aromatic rings. The lowest BCUT2D eigenvalue weighted by molar-refractivity contribution is -0.133. The fourth-order valence-corrected chi connectivity index (χ4v) is 3.46. The van der Waals surface area contributed by atoms with E-state index in [-0.39, 0.29) is 23.9 Å². The molecular formula is C21H33N3O2. The maximum atomic E-state index is 12.9. The summed E-state index contributed by atoms with van der Waals surface area (Å²) in [5.41, 5.74) is 1.01. The van der Waals surface area contributed by atoms with Crippen LogP contribution in [0.1, 0.15) is 51.6 Å². The van der Waals surface area contributed by atoms with Crippen LogP contribution in [0.4, 0.5) is 0 Å². The van der Waals surface area contributed by atoms with Gasteiger partial charge < -0.3 is 10.2 Å². The Morgan fingerprint density at radius 3 is 2.35 bits per heavy atom. The fourth-order valence-electron chi connectivity index (χ4n) is 3.46. The van der Waals surface area contributed by atoms with E-state index >= 15 is 0 Å². The van der Waals surface area contributed by atoms with Gasteiger partial charge >= 0.3 is 0 Å². The molecule has 0 aliphatic carbocycles. The quantitative estimate of drug-likeness (QED) is 0.814. The highest BCUT2D eigenvalue weighted by atomic mass is 16.2. The third kappa shape index (κ3) is 5.56. The molecule has 0 spiro atoms. The van der Waals surface area contributed by atoms with Crippen LogP contribution in [0.15, 0.2) is 30.3 Å². The van der Waals surface area contributed by atoms with Gasteiger partial charge in [-0.3, -0.25) is 14.5 Å². The number of hydrogen-bond donors (Lipinski definition) is 1. The first kappa shape index (κ1) is 20.4. The van der Waals surface area contributed by atoms with Gasteiger partial charge in [-0.1, -0.05) is 51.1 Å². The van der Waals surface area contributed by atoms with Gasteiger partial charge in [0.1, 0.15) is 6.04 Å². The molecule has 0 bridgehead atoms. The molecule has 2 rings (SSSR count). The molecule has 0 aromatic heterocycles. The van der Waals surface area contributed by atoms with Gasteiger partial charge in [-0.15, -0.1) is 0 Å². The molecule has 5 nitrogen and oxygen atoms in total. The maximum Gasteiger partial charge on any atom is 0.242 e. The van der Waals surface area contributed by atoms with Gasteiger partial charge in [0.2, 0.25) is 11.8 Å². The van der Waals surface area contributed by atoms with Crippen molar-refractivity contribution < 1.29 is 9.59 Å². The molecule has 1 N–H and O–H groups in total. The molecule has 0 saturated carbocycles. The van der Waals surface area contributed by atoms with E-state index in [0.29, 0.717) is 12.3 Å². The first-order valence-electron chi connectivity index (χ1n) is 9.75. The molecule has 26 heavy (non-hydrogen) atoms. The molecule has 1 heterocycles. The van der Waals surface area contributed by atoms with Crippen LogP contribution in [0.5, 0.6) is 0 Å². The van der Waals surface area contributed by atoms with E-state index in [1.165, 1.54) is 0 Å². The van der Waals surface area contributed by atoms with E-state index < -0.39 is 0 Å². The van der Waals surface area contributed by atoms with Crippen molar-refractivity contribution in [1.82, 2.24) is 15.1 Å². The van der Waals surface area contributed by atoms with Crippen molar-refractivity contribution in [3.05, 3.63) is 35.9 Å². The van der Waals surface area contributed by atoms with Gasteiger partial charge in [0, 0.05) is 25.6 Å². The summed E-state index contributed by atoms with van der Waals surface area (Å²) in [6.45, 7) is 8.46. The number of rotatable bonds is 7. The molecule has 1 aromatic carbocycles. The van der Waals surface area contributed by atoms with Crippen LogP contribution >= 0.6 is 0 Å². The summed E-state index contributed by atoms with van der Waals surface area (Å²) < 4.78 is 0. The largest absolute Gasteiger partial charge is 0.352 e. The van der Waals surface area contributed by atoms with E-state index in [4.69, 9.17) is 0 Å². The number of carbonyl (C=O) groups excluding carboxylic acids is 2. The van der Waals surface area contributed by atoms with Crippen molar-refractivity contribution >= 4 is 11.8 Å². The molecule has 144 valence electrons. The minimum atomic E-state index is -0.276. The number of hydrogen-bond acceptors (Lipinski definition) is 3. The first-order chi connectivity index (χ1) is 12.4. The number of likely N-dealkylation sites (tertiary alicyclic amines) is 1. The van der Waals surface area contributed by atoms with E-state index in [9.17, 15) is 9.59 Å². The second-order valence-electron chi connectivity index (χ2n) is 7.65.